The Hall–Kier alpha value is -2.42. The Labute approximate surface area is 211 Å². The largest absolute Gasteiger partial charge is 0.0871 e. The number of rotatable bonds is 0. The van der Waals surface area contributed by atoms with Crippen LogP contribution in [0.4, 0.5) is 0 Å². The molecule has 1 heterocycles. The van der Waals surface area contributed by atoms with E-state index in [2.05, 4.69) is 96.3 Å². The van der Waals surface area contributed by atoms with Crippen LogP contribution in [0.25, 0.3) is 0 Å². The van der Waals surface area contributed by atoms with Gasteiger partial charge in [-0.05, 0) is 95.9 Å². The van der Waals surface area contributed by atoms with Gasteiger partial charge in [-0.25, -0.2) is 0 Å². The van der Waals surface area contributed by atoms with Crippen LogP contribution in [0.5, 0.6) is 0 Å². The fourth-order valence-electron chi connectivity index (χ4n) is 5.59. The summed E-state index contributed by atoms with van der Waals surface area (Å²) in [5.74, 6) is 0. The molecule has 0 amide bonds. The van der Waals surface area contributed by atoms with E-state index < -0.39 is 0 Å². The lowest BCUT2D eigenvalue weighted by molar-refractivity contribution is 0.844. The topological polar surface area (TPSA) is 0 Å². The lowest BCUT2D eigenvalue weighted by atomic mass is 9.96. The van der Waals surface area contributed by atoms with E-state index in [9.17, 15) is 0 Å². The van der Waals surface area contributed by atoms with Gasteiger partial charge in [-0.15, -0.1) is 0 Å². The van der Waals surface area contributed by atoms with Crippen LogP contribution in [-0.4, -0.2) is 0 Å². The van der Waals surface area contributed by atoms with E-state index in [-0.39, 0.29) is 0 Å². The monoisotopic (exact) mass is 476 g/mol. The van der Waals surface area contributed by atoms with Crippen molar-refractivity contribution in [1.29, 1.82) is 0 Å². The van der Waals surface area contributed by atoms with Crippen molar-refractivity contribution in [1.82, 2.24) is 0 Å². The van der Waals surface area contributed by atoms with Gasteiger partial charge in [0, 0.05) is 19.6 Å². The predicted octanol–water partition coefficient (Wildman–Crippen LogP) is 8.07. The number of benzene rings is 4. The third-order valence-electron chi connectivity index (χ3n) is 7.74. The molecule has 4 aromatic carbocycles. The minimum Gasteiger partial charge on any atom is -0.0871 e. The molecule has 8 aliphatic carbocycles. The van der Waals surface area contributed by atoms with Gasteiger partial charge in [0.1, 0.15) is 0 Å². The molecule has 0 nitrogen and oxygen atoms in total. The van der Waals surface area contributed by atoms with Crippen molar-refractivity contribution in [2.45, 2.75) is 70.9 Å². The van der Waals surface area contributed by atoms with Gasteiger partial charge < -0.3 is 0 Å². The smallest absolute Gasteiger partial charge is 0.0297 e. The lowest BCUT2D eigenvalue weighted by Gasteiger charge is -2.28. The predicted molar refractivity (Wildman–Crippen MR) is 144 cm³/mol. The first-order chi connectivity index (χ1) is 16.8. The molecule has 0 atom stereocenters. The van der Waals surface area contributed by atoms with E-state index in [0.29, 0.717) is 0 Å². The number of hydrogen-bond acceptors (Lipinski definition) is 2. The minimum absolute atomic E-state index is 1.12. The van der Waals surface area contributed by atoms with Crippen LogP contribution >= 0.6 is 23.5 Å². The zero-order valence-corrected chi connectivity index (χ0v) is 21.0. The second-order valence-electron chi connectivity index (χ2n) is 9.92. The Bertz CT molecular complexity index is 1170. The molecule has 0 aromatic heterocycles. The van der Waals surface area contributed by atoms with Crippen molar-refractivity contribution in [3.63, 3.8) is 0 Å². The molecule has 1 aliphatic heterocycles. The van der Waals surface area contributed by atoms with Gasteiger partial charge in [0.25, 0.3) is 0 Å². The first-order valence-corrected chi connectivity index (χ1v) is 14.2. The van der Waals surface area contributed by atoms with E-state index in [0.717, 1.165) is 51.4 Å². The van der Waals surface area contributed by atoms with Crippen LogP contribution in [0.3, 0.4) is 0 Å². The highest BCUT2D eigenvalue weighted by molar-refractivity contribution is 8.05. The van der Waals surface area contributed by atoms with Crippen LogP contribution in [0.2, 0.25) is 0 Å². The zero-order valence-electron chi connectivity index (χ0n) is 19.4. The summed E-state index contributed by atoms with van der Waals surface area (Å²) in [6.45, 7) is 0. The molecule has 0 radical (unpaired) electrons. The molecule has 0 fully saturated rings. The molecule has 0 saturated carbocycles. The molecule has 8 bridgehead atoms. The van der Waals surface area contributed by atoms with Crippen molar-refractivity contribution in [2.75, 3.05) is 0 Å². The second-order valence-corrected chi connectivity index (χ2v) is 12.0. The van der Waals surface area contributed by atoms with Crippen LogP contribution in [0, 0.1) is 0 Å². The SMILES string of the molecule is c1cc2ccc1CCc1ccc(c3c1Sc1c4ccc(c1S3)CCc1ccc(cc1)CC4)CC2. The van der Waals surface area contributed by atoms with E-state index in [1.54, 1.807) is 19.6 Å². The molecule has 0 N–H and O–H groups in total. The fraction of sp³-hybridized carbons (Fsp3) is 0.250. The Kier molecular flexibility index (Phi) is 5.33. The summed E-state index contributed by atoms with van der Waals surface area (Å²) in [4.78, 5) is 6.16. The maximum Gasteiger partial charge on any atom is 0.0297 e. The summed E-state index contributed by atoms with van der Waals surface area (Å²) >= 11 is 4.17. The van der Waals surface area contributed by atoms with E-state index in [4.69, 9.17) is 0 Å². The highest BCUT2D eigenvalue weighted by Crippen LogP contribution is 2.54. The summed E-state index contributed by atoms with van der Waals surface area (Å²) in [6.07, 6.45) is 8.94. The highest BCUT2D eigenvalue weighted by Gasteiger charge is 2.27. The fourth-order valence-corrected chi connectivity index (χ4v) is 8.60. The first-order valence-electron chi connectivity index (χ1n) is 12.6. The summed E-state index contributed by atoms with van der Waals surface area (Å²) in [5.41, 5.74) is 11.9. The maximum absolute atomic E-state index is 2.43. The highest BCUT2D eigenvalue weighted by atomic mass is 32.2. The van der Waals surface area contributed by atoms with E-state index in [1.165, 1.54) is 44.5 Å². The molecule has 0 saturated heterocycles. The van der Waals surface area contributed by atoms with E-state index in [1.807, 2.05) is 0 Å². The normalized spacial score (nSPS) is 16.2. The summed E-state index contributed by atoms with van der Waals surface area (Å²) in [7, 11) is 0. The lowest BCUT2D eigenvalue weighted by Crippen LogP contribution is -2.08. The van der Waals surface area contributed by atoms with Crippen LogP contribution in [-0.2, 0) is 51.4 Å². The Morgan fingerprint density at radius 1 is 0.294 bits per heavy atom. The molecule has 9 aliphatic rings. The van der Waals surface area contributed by atoms with Gasteiger partial charge in [0.05, 0.1) is 0 Å². The Balaban J connectivity index is 1.33. The summed E-state index contributed by atoms with van der Waals surface area (Å²) < 4.78 is 0. The zero-order chi connectivity index (χ0) is 22.5. The van der Waals surface area contributed by atoms with Gasteiger partial charge >= 0.3 is 0 Å². The third-order valence-corrected chi connectivity index (χ3v) is 10.7. The average molecular weight is 477 g/mol. The Morgan fingerprint density at radius 2 is 0.529 bits per heavy atom. The quantitative estimate of drug-likeness (QED) is 0.222. The van der Waals surface area contributed by atoms with Crippen molar-refractivity contribution < 1.29 is 0 Å². The van der Waals surface area contributed by atoms with Gasteiger partial charge in [0.15, 0.2) is 0 Å². The number of aryl methyl sites for hydroxylation is 8. The Morgan fingerprint density at radius 3 is 0.765 bits per heavy atom. The molecule has 0 spiro atoms. The van der Waals surface area contributed by atoms with E-state index >= 15 is 0 Å². The van der Waals surface area contributed by atoms with Gasteiger partial charge in [0.2, 0.25) is 0 Å². The standard InChI is InChI=1S/C32H28S2/c1-2-22-4-3-21(1)9-13-25-17-18-26(14-10-22)30-29(25)33-31-27-15-11-23-5-7-24(8-6-23)12-16-28(20-19-27)32(31)34-30/h1-8,17-20H,9-16H2. The van der Waals surface area contributed by atoms with Crippen LogP contribution in [0.15, 0.2) is 92.4 Å². The first kappa shape index (κ1) is 20.9. The average Bonchev–Trinajstić information content (AvgIpc) is 2.86. The molecule has 168 valence electrons. The molecular formula is C32H28S2. The molecule has 0 unspecified atom stereocenters. The van der Waals surface area contributed by atoms with Crippen molar-refractivity contribution in [3.05, 3.63) is 117 Å². The van der Waals surface area contributed by atoms with Crippen molar-refractivity contribution in [3.8, 4) is 0 Å². The van der Waals surface area contributed by atoms with Crippen molar-refractivity contribution >= 4 is 23.5 Å². The van der Waals surface area contributed by atoms with Crippen molar-refractivity contribution in [2.24, 2.45) is 0 Å². The van der Waals surface area contributed by atoms with Gasteiger partial charge in [-0.1, -0.05) is 96.3 Å². The maximum atomic E-state index is 2.43. The van der Waals surface area contributed by atoms with Crippen LogP contribution in [0.1, 0.15) is 44.5 Å². The molecular weight excluding hydrogens is 448 g/mol. The third kappa shape index (κ3) is 3.82. The molecule has 4 aromatic rings. The molecule has 13 rings (SSSR count). The summed E-state index contributed by atoms with van der Waals surface area (Å²) in [6, 6.07) is 28.5. The summed E-state index contributed by atoms with van der Waals surface area (Å²) in [5, 5.41) is 0. The van der Waals surface area contributed by atoms with Crippen LogP contribution < -0.4 is 0 Å². The minimum atomic E-state index is 1.12. The van der Waals surface area contributed by atoms with Gasteiger partial charge in [-0.3, -0.25) is 0 Å². The molecule has 34 heavy (non-hydrogen) atoms. The molecule has 2 heteroatoms. The second kappa shape index (κ2) is 8.66. The van der Waals surface area contributed by atoms with Gasteiger partial charge in [-0.2, -0.15) is 0 Å². The number of hydrogen-bond donors (Lipinski definition) is 0.